The van der Waals surface area contributed by atoms with E-state index >= 15 is 0 Å². The van der Waals surface area contributed by atoms with Crippen molar-refractivity contribution in [3.05, 3.63) is 66.4 Å². The maximum Gasteiger partial charge on any atom is 0.339 e. The monoisotopic (exact) mass is 299 g/mol. The van der Waals surface area contributed by atoms with Gasteiger partial charge in [-0.1, -0.05) is 29.8 Å². The van der Waals surface area contributed by atoms with Crippen LogP contribution in [0.3, 0.4) is 0 Å². The molecule has 2 aromatic carbocycles. The zero-order chi connectivity index (χ0) is 14.9. The second kappa shape index (κ2) is 5.18. The van der Waals surface area contributed by atoms with Gasteiger partial charge >= 0.3 is 10.1 Å². The molecule has 21 heavy (non-hydrogen) atoms. The van der Waals surface area contributed by atoms with Crippen molar-refractivity contribution in [3.63, 3.8) is 0 Å². The third kappa shape index (κ3) is 2.73. The van der Waals surface area contributed by atoms with E-state index in [1.807, 2.05) is 19.1 Å². The summed E-state index contributed by atoms with van der Waals surface area (Å²) in [6, 6.07) is 15.3. The fourth-order valence-corrected chi connectivity index (χ4v) is 2.96. The largest absolute Gasteiger partial charge is 0.378 e. The van der Waals surface area contributed by atoms with Gasteiger partial charge in [0.25, 0.3) is 0 Å². The Labute approximate surface area is 123 Å². The Hall–Kier alpha value is -2.40. The van der Waals surface area contributed by atoms with E-state index in [4.69, 9.17) is 4.18 Å². The molecule has 1 aromatic heterocycles. The maximum atomic E-state index is 12.3. The first kappa shape index (κ1) is 13.6. The molecule has 1 heterocycles. The Bertz CT molecular complexity index is 882. The first-order valence-electron chi connectivity index (χ1n) is 6.41. The van der Waals surface area contributed by atoms with E-state index in [1.54, 1.807) is 30.3 Å². The second-order valence-electron chi connectivity index (χ2n) is 4.68. The molecule has 0 radical (unpaired) electrons. The number of aryl methyl sites for hydroxylation is 1. The van der Waals surface area contributed by atoms with Crippen molar-refractivity contribution in [2.45, 2.75) is 11.8 Å². The van der Waals surface area contributed by atoms with Crippen LogP contribution < -0.4 is 4.18 Å². The van der Waals surface area contributed by atoms with Gasteiger partial charge in [-0.05, 0) is 31.2 Å². The summed E-state index contributed by atoms with van der Waals surface area (Å²) in [4.78, 5) is 4.31. The second-order valence-corrected chi connectivity index (χ2v) is 6.22. The maximum absolute atomic E-state index is 12.3. The quantitative estimate of drug-likeness (QED) is 0.696. The summed E-state index contributed by atoms with van der Waals surface area (Å²) in [6.45, 7) is 1.90. The molecule has 0 spiro atoms. The van der Waals surface area contributed by atoms with Gasteiger partial charge in [0.1, 0.15) is 4.90 Å². The lowest BCUT2D eigenvalue weighted by Gasteiger charge is -2.09. The molecule has 0 fully saturated rings. The number of aromatic nitrogens is 1. The SMILES string of the molecule is Cc1ccc(S(=O)(=O)Oc2ccnc3ccccc23)cc1. The minimum atomic E-state index is -3.85. The number of benzene rings is 2. The van der Waals surface area contributed by atoms with Crippen molar-refractivity contribution in [1.29, 1.82) is 0 Å². The highest BCUT2D eigenvalue weighted by molar-refractivity contribution is 7.87. The summed E-state index contributed by atoms with van der Waals surface area (Å²) in [6.07, 6.45) is 1.53. The van der Waals surface area contributed by atoms with Gasteiger partial charge in [-0.2, -0.15) is 8.42 Å². The van der Waals surface area contributed by atoms with Crippen LogP contribution in [-0.2, 0) is 10.1 Å². The molecular weight excluding hydrogens is 286 g/mol. The lowest BCUT2D eigenvalue weighted by atomic mass is 10.2. The van der Waals surface area contributed by atoms with Gasteiger partial charge in [-0.3, -0.25) is 4.98 Å². The lowest BCUT2D eigenvalue weighted by Crippen LogP contribution is -2.10. The molecule has 0 saturated heterocycles. The van der Waals surface area contributed by atoms with E-state index in [2.05, 4.69) is 4.98 Å². The number of hydrogen-bond acceptors (Lipinski definition) is 4. The van der Waals surface area contributed by atoms with Crippen molar-refractivity contribution >= 4 is 21.0 Å². The minimum absolute atomic E-state index is 0.133. The Morgan fingerprint density at radius 1 is 0.952 bits per heavy atom. The smallest absolute Gasteiger partial charge is 0.339 e. The Kier molecular flexibility index (Phi) is 3.35. The highest BCUT2D eigenvalue weighted by Crippen LogP contribution is 2.26. The highest BCUT2D eigenvalue weighted by Gasteiger charge is 2.17. The molecule has 0 aliphatic heterocycles. The van der Waals surface area contributed by atoms with Gasteiger partial charge < -0.3 is 4.18 Å². The average molecular weight is 299 g/mol. The van der Waals surface area contributed by atoms with E-state index in [0.717, 1.165) is 5.56 Å². The highest BCUT2D eigenvalue weighted by atomic mass is 32.2. The molecule has 0 unspecified atom stereocenters. The normalized spacial score (nSPS) is 11.5. The fourth-order valence-electron chi connectivity index (χ4n) is 2.01. The topological polar surface area (TPSA) is 56.3 Å². The molecule has 0 atom stereocenters. The molecule has 106 valence electrons. The van der Waals surface area contributed by atoms with Crippen LogP contribution in [0.25, 0.3) is 10.9 Å². The van der Waals surface area contributed by atoms with Gasteiger partial charge in [0, 0.05) is 17.6 Å². The lowest BCUT2D eigenvalue weighted by molar-refractivity contribution is 0.488. The first-order valence-corrected chi connectivity index (χ1v) is 7.82. The van der Waals surface area contributed by atoms with Gasteiger partial charge in [-0.15, -0.1) is 0 Å². The van der Waals surface area contributed by atoms with Gasteiger partial charge in [-0.25, -0.2) is 0 Å². The number of pyridine rings is 1. The van der Waals surface area contributed by atoms with E-state index in [-0.39, 0.29) is 10.6 Å². The van der Waals surface area contributed by atoms with Crippen LogP contribution in [0.4, 0.5) is 0 Å². The summed E-state index contributed by atoms with van der Waals surface area (Å²) >= 11 is 0. The van der Waals surface area contributed by atoms with Gasteiger partial charge in [0.2, 0.25) is 0 Å². The standard InChI is InChI=1S/C16H13NO3S/c1-12-6-8-13(9-7-12)21(18,19)20-16-10-11-17-15-5-3-2-4-14(15)16/h2-11H,1H3. The molecule has 0 aliphatic rings. The number of para-hydroxylation sites is 1. The minimum Gasteiger partial charge on any atom is -0.378 e. The number of fused-ring (bicyclic) bond motifs is 1. The van der Waals surface area contributed by atoms with E-state index < -0.39 is 10.1 Å². The zero-order valence-corrected chi connectivity index (χ0v) is 12.2. The predicted molar refractivity (Wildman–Crippen MR) is 80.7 cm³/mol. The molecular formula is C16H13NO3S. The molecule has 5 heteroatoms. The summed E-state index contributed by atoms with van der Waals surface area (Å²) < 4.78 is 29.9. The summed E-state index contributed by atoms with van der Waals surface area (Å²) in [5, 5.41) is 0.663. The Balaban J connectivity index is 2.03. The van der Waals surface area contributed by atoms with E-state index in [0.29, 0.717) is 10.9 Å². The first-order chi connectivity index (χ1) is 10.1. The van der Waals surface area contributed by atoms with Gasteiger partial charge in [0.15, 0.2) is 5.75 Å². The number of hydrogen-bond donors (Lipinski definition) is 0. The molecule has 4 nitrogen and oxygen atoms in total. The third-order valence-electron chi connectivity index (χ3n) is 3.12. The van der Waals surface area contributed by atoms with Crippen LogP contribution >= 0.6 is 0 Å². The predicted octanol–water partition coefficient (Wildman–Crippen LogP) is 3.31. The van der Waals surface area contributed by atoms with Crippen LogP contribution in [0.1, 0.15) is 5.56 Å². The number of nitrogens with zero attached hydrogens (tertiary/aromatic N) is 1. The van der Waals surface area contributed by atoms with Gasteiger partial charge in [0.05, 0.1) is 5.52 Å². The van der Waals surface area contributed by atoms with Crippen molar-refractivity contribution in [3.8, 4) is 5.75 Å². The van der Waals surface area contributed by atoms with E-state index in [1.165, 1.54) is 18.3 Å². The van der Waals surface area contributed by atoms with Crippen LogP contribution in [0.5, 0.6) is 5.75 Å². The molecule has 0 aliphatic carbocycles. The summed E-state index contributed by atoms with van der Waals surface area (Å²) in [5.74, 6) is 0.279. The molecule has 0 N–H and O–H groups in total. The van der Waals surface area contributed by atoms with E-state index in [9.17, 15) is 8.42 Å². The number of rotatable bonds is 3. The molecule has 3 rings (SSSR count). The van der Waals surface area contributed by atoms with Crippen molar-refractivity contribution < 1.29 is 12.6 Å². The van der Waals surface area contributed by atoms with Crippen LogP contribution in [0, 0.1) is 6.92 Å². The third-order valence-corrected chi connectivity index (χ3v) is 4.37. The van der Waals surface area contributed by atoms with Crippen LogP contribution in [0.2, 0.25) is 0 Å². The Morgan fingerprint density at radius 2 is 1.67 bits per heavy atom. The average Bonchev–Trinajstić information content (AvgIpc) is 2.48. The molecule has 3 aromatic rings. The molecule has 0 bridgehead atoms. The zero-order valence-electron chi connectivity index (χ0n) is 11.4. The van der Waals surface area contributed by atoms with Crippen molar-refractivity contribution in [2.24, 2.45) is 0 Å². The fraction of sp³-hybridized carbons (Fsp3) is 0.0625. The van der Waals surface area contributed by atoms with Crippen molar-refractivity contribution in [2.75, 3.05) is 0 Å². The van der Waals surface area contributed by atoms with Crippen LogP contribution in [-0.4, -0.2) is 13.4 Å². The summed E-state index contributed by atoms with van der Waals surface area (Å²) in [7, 11) is -3.85. The molecule has 0 saturated carbocycles. The molecule has 0 amide bonds. The van der Waals surface area contributed by atoms with Crippen molar-refractivity contribution in [1.82, 2.24) is 4.98 Å². The Morgan fingerprint density at radius 3 is 2.43 bits per heavy atom. The summed E-state index contributed by atoms with van der Waals surface area (Å²) in [5.41, 5.74) is 1.68. The van der Waals surface area contributed by atoms with Crippen LogP contribution in [0.15, 0.2) is 65.7 Å².